The van der Waals surface area contributed by atoms with Crippen molar-refractivity contribution >= 4 is 21.4 Å². The number of halogens is 1. The van der Waals surface area contributed by atoms with Crippen LogP contribution in [-0.4, -0.2) is 32.0 Å². The van der Waals surface area contributed by atoms with Crippen molar-refractivity contribution in [3.63, 3.8) is 0 Å². The van der Waals surface area contributed by atoms with Gasteiger partial charge >= 0.3 is 0 Å². The third-order valence-electron chi connectivity index (χ3n) is 3.63. The summed E-state index contributed by atoms with van der Waals surface area (Å²) < 4.78 is 23.1. The molecule has 0 aliphatic heterocycles. The van der Waals surface area contributed by atoms with Gasteiger partial charge in [-0.05, 0) is 38.4 Å². The van der Waals surface area contributed by atoms with Crippen molar-refractivity contribution < 1.29 is 8.42 Å². The van der Waals surface area contributed by atoms with Crippen molar-refractivity contribution in [3.05, 3.63) is 34.9 Å². The highest BCUT2D eigenvalue weighted by Gasteiger charge is 2.38. The average Bonchev–Trinajstić information content (AvgIpc) is 2.29. The Morgan fingerprint density at radius 1 is 1.32 bits per heavy atom. The Morgan fingerprint density at radius 3 is 2.37 bits per heavy atom. The van der Waals surface area contributed by atoms with Crippen LogP contribution < -0.4 is 5.32 Å². The van der Waals surface area contributed by atoms with E-state index in [2.05, 4.69) is 5.32 Å². The van der Waals surface area contributed by atoms with E-state index < -0.39 is 14.6 Å². The first-order valence-corrected chi connectivity index (χ1v) is 8.63. The highest BCUT2D eigenvalue weighted by Crippen LogP contribution is 2.25. The Morgan fingerprint density at radius 2 is 1.89 bits per heavy atom. The molecule has 1 aromatic carbocycles. The standard InChI is InChI=1S/C14H22ClNO2S/c1-5-16-13(14(2,3)19(4,17)18)10-11-8-6-7-9-12(11)15/h6-9,13,16H,5,10H2,1-4H3. The number of hydrogen-bond donors (Lipinski definition) is 1. The molecule has 108 valence electrons. The molecule has 1 unspecified atom stereocenters. The lowest BCUT2D eigenvalue weighted by Crippen LogP contribution is -2.52. The van der Waals surface area contributed by atoms with E-state index >= 15 is 0 Å². The zero-order valence-electron chi connectivity index (χ0n) is 11.9. The SMILES string of the molecule is CCNC(Cc1ccccc1Cl)C(C)(C)S(C)(=O)=O. The van der Waals surface area contributed by atoms with Gasteiger partial charge in [0, 0.05) is 17.3 Å². The summed E-state index contributed by atoms with van der Waals surface area (Å²) in [5.41, 5.74) is 0.965. The lowest BCUT2D eigenvalue weighted by Gasteiger charge is -2.33. The molecule has 0 fully saturated rings. The normalized spacial score (nSPS) is 14.4. The van der Waals surface area contributed by atoms with E-state index in [-0.39, 0.29) is 6.04 Å². The second kappa shape index (κ2) is 6.25. The number of nitrogens with one attached hydrogen (secondary N) is 1. The fraction of sp³-hybridized carbons (Fsp3) is 0.571. The van der Waals surface area contributed by atoms with Gasteiger partial charge in [0.15, 0.2) is 9.84 Å². The number of benzene rings is 1. The first-order valence-electron chi connectivity index (χ1n) is 6.36. The first kappa shape index (κ1) is 16.5. The van der Waals surface area contributed by atoms with Gasteiger partial charge in [0.05, 0.1) is 4.75 Å². The summed E-state index contributed by atoms with van der Waals surface area (Å²) in [6, 6.07) is 7.37. The van der Waals surface area contributed by atoms with Crippen LogP contribution in [0, 0.1) is 0 Å². The van der Waals surface area contributed by atoms with Gasteiger partial charge in [-0.15, -0.1) is 0 Å². The van der Waals surface area contributed by atoms with Crippen molar-refractivity contribution in [1.82, 2.24) is 5.32 Å². The maximum Gasteiger partial charge on any atom is 0.154 e. The zero-order chi connectivity index (χ0) is 14.7. The van der Waals surface area contributed by atoms with Crippen LogP contribution in [-0.2, 0) is 16.3 Å². The summed E-state index contributed by atoms with van der Waals surface area (Å²) in [6.07, 6.45) is 1.87. The van der Waals surface area contributed by atoms with Crippen LogP contribution >= 0.6 is 11.6 Å². The summed E-state index contributed by atoms with van der Waals surface area (Å²) in [6.45, 7) is 6.20. The second-order valence-electron chi connectivity index (χ2n) is 5.28. The van der Waals surface area contributed by atoms with E-state index in [1.54, 1.807) is 13.8 Å². The molecule has 0 aliphatic rings. The second-order valence-corrected chi connectivity index (χ2v) is 8.29. The van der Waals surface area contributed by atoms with Gasteiger partial charge < -0.3 is 5.32 Å². The lowest BCUT2D eigenvalue weighted by atomic mass is 9.95. The van der Waals surface area contributed by atoms with Gasteiger partial charge in [-0.1, -0.05) is 36.7 Å². The van der Waals surface area contributed by atoms with Crippen LogP contribution in [0.2, 0.25) is 5.02 Å². The molecule has 0 spiro atoms. The van der Waals surface area contributed by atoms with Gasteiger partial charge in [-0.25, -0.2) is 8.42 Å². The van der Waals surface area contributed by atoms with Crippen LogP contribution in [0.4, 0.5) is 0 Å². The van der Waals surface area contributed by atoms with Crippen LogP contribution in [0.1, 0.15) is 26.3 Å². The van der Waals surface area contributed by atoms with Crippen molar-refractivity contribution in [2.75, 3.05) is 12.8 Å². The minimum absolute atomic E-state index is 0.174. The largest absolute Gasteiger partial charge is 0.312 e. The fourth-order valence-electron chi connectivity index (χ4n) is 1.95. The molecule has 0 heterocycles. The summed E-state index contributed by atoms with van der Waals surface area (Å²) in [7, 11) is -3.16. The maximum atomic E-state index is 12.0. The van der Waals surface area contributed by atoms with Gasteiger partial charge in [-0.2, -0.15) is 0 Å². The molecule has 0 aliphatic carbocycles. The summed E-state index contributed by atoms with van der Waals surface area (Å²) in [5, 5.41) is 3.94. The molecule has 0 amide bonds. The summed E-state index contributed by atoms with van der Waals surface area (Å²) >= 11 is 6.16. The molecular weight excluding hydrogens is 282 g/mol. The Bertz CT molecular complexity index is 526. The highest BCUT2D eigenvalue weighted by atomic mass is 35.5. The monoisotopic (exact) mass is 303 g/mol. The molecule has 0 radical (unpaired) electrons. The quantitative estimate of drug-likeness (QED) is 0.879. The highest BCUT2D eigenvalue weighted by molar-refractivity contribution is 7.92. The number of sulfone groups is 1. The van der Waals surface area contributed by atoms with E-state index in [4.69, 9.17) is 11.6 Å². The smallest absolute Gasteiger partial charge is 0.154 e. The minimum Gasteiger partial charge on any atom is -0.312 e. The van der Waals surface area contributed by atoms with Gasteiger partial charge in [0.25, 0.3) is 0 Å². The van der Waals surface area contributed by atoms with E-state index in [0.717, 1.165) is 5.56 Å². The number of hydrogen-bond acceptors (Lipinski definition) is 3. The molecule has 0 saturated carbocycles. The van der Waals surface area contributed by atoms with E-state index in [1.807, 2.05) is 31.2 Å². The molecule has 0 bridgehead atoms. The van der Waals surface area contributed by atoms with Crippen LogP contribution in [0.15, 0.2) is 24.3 Å². The predicted octanol–water partition coefficient (Wildman–Crippen LogP) is 2.68. The molecule has 5 heteroatoms. The topological polar surface area (TPSA) is 46.2 Å². The molecular formula is C14H22ClNO2S. The zero-order valence-corrected chi connectivity index (χ0v) is 13.5. The van der Waals surface area contributed by atoms with Crippen molar-refractivity contribution in [3.8, 4) is 0 Å². The minimum atomic E-state index is -3.16. The average molecular weight is 304 g/mol. The number of likely N-dealkylation sites (N-methyl/N-ethyl adjacent to an activating group) is 1. The van der Waals surface area contributed by atoms with Crippen molar-refractivity contribution in [2.24, 2.45) is 0 Å². The van der Waals surface area contributed by atoms with Gasteiger partial charge in [0.2, 0.25) is 0 Å². The van der Waals surface area contributed by atoms with Gasteiger partial charge in [-0.3, -0.25) is 0 Å². The Labute approximate surface area is 121 Å². The Hall–Kier alpha value is -0.580. The third kappa shape index (κ3) is 3.94. The molecule has 1 atom stereocenters. The van der Waals surface area contributed by atoms with Crippen LogP contribution in [0.3, 0.4) is 0 Å². The molecule has 1 rings (SSSR count). The Kier molecular flexibility index (Phi) is 5.42. The lowest BCUT2D eigenvalue weighted by molar-refractivity contribution is 0.413. The molecule has 1 N–H and O–H groups in total. The molecule has 19 heavy (non-hydrogen) atoms. The third-order valence-corrected chi connectivity index (χ3v) is 6.19. The van der Waals surface area contributed by atoms with Crippen molar-refractivity contribution in [1.29, 1.82) is 0 Å². The molecule has 1 aromatic rings. The van der Waals surface area contributed by atoms with E-state index in [0.29, 0.717) is 18.0 Å². The van der Waals surface area contributed by atoms with Gasteiger partial charge in [0.1, 0.15) is 0 Å². The fourth-order valence-corrected chi connectivity index (χ4v) is 2.85. The number of rotatable bonds is 6. The van der Waals surface area contributed by atoms with Crippen LogP contribution in [0.5, 0.6) is 0 Å². The molecule has 3 nitrogen and oxygen atoms in total. The Balaban J connectivity index is 3.06. The van der Waals surface area contributed by atoms with E-state index in [1.165, 1.54) is 6.26 Å². The van der Waals surface area contributed by atoms with E-state index in [9.17, 15) is 8.42 Å². The summed E-state index contributed by atoms with van der Waals surface area (Å²) in [4.78, 5) is 0. The first-order chi connectivity index (χ1) is 8.70. The summed E-state index contributed by atoms with van der Waals surface area (Å²) in [5.74, 6) is 0. The molecule has 0 saturated heterocycles. The predicted molar refractivity (Wildman–Crippen MR) is 81.5 cm³/mol. The molecule has 0 aromatic heterocycles. The van der Waals surface area contributed by atoms with Crippen LogP contribution in [0.25, 0.3) is 0 Å². The maximum absolute atomic E-state index is 12.0. The van der Waals surface area contributed by atoms with Crippen molar-refractivity contribution in [2.45, 2.75) is 38.0 Å².